The number of fused-ring (bicyclic) bond motifs is 1. The fourth-order valence-electron chi connectivity index (χ4n) is 4.04. The number of rotatable bonds is 8. The van der Waals surface area contributed by atoms with Gasteiger partial charge in [0, 0.05) is 37.2 Å². The van der Waals surface area contributed by atoms with Gasteiger partial charge in [-0.3, -0.25) is 9.67 Å². The molecule has 9 heteroatoms. The van der Waals surface area contributed by atoms with Crippen LogP contribution in [0.25, 0.3) is 21.5 Å². The molecule has 1 aliphatic carbocycles. The number of aliphatic hydroxyl groups excluding tert-OH is 1. The molecule has 0 amide bonds. The van der Waals surface area contributed by atoms with Gasteiger partial charge in [-0.2, -0.15) is 5.10 Å². The Morgan fingerprint density at radius 2 is 2.06 bits per heavy atom. The summed E-state index contributed by atoms with van der Waals surface area (Å²) >= 11 is 1.58. The summed E-state index contributed by atoms with van der Waals surface area (Å²) in [6, 6.07) is 9.71. The largest absolute Gasteiger partial charge is 0.457 e. The SMILES string of the molecule is COCCn1cc(-c2cc(Oc3ccc4nc(N[C@@H]5CCCCC5O)sc4c3)ccn2)cn1. The molecule has 0 aliphatic heterocycles. The number of aromatic nitrogens is 4. The van der Waals surface area contributed by atoms with Crippen LogP contribution in [-0.2, 0) is 11.3 Å². The van der Waals surface area contributed by atoms with Crippen molar-refractivity contribution >= 4 is 26.7 Å². The van der Waals surface area contributed by atoms with Gasteiger partial charge >= 0.3 is 0 Å². The average Bonchev–Trinajstić information content (AvgIpc) is 3.46. The second kappa shape index (κ2) is 9.86. The molecule has 1 fully saturated rings. The van der Waals surface area contributed by atoms with Crippen molar-refractivity contribution in [3.05, 3.63) is 48.9 Å². The monoisotopic (exact) mass is 465 g/mol. The molecule has 0 radical (unpaired) electrons. The molecular formula is C24H27N5O3S. The van der Waals surface area contributed by atoms with Gasteiger partial charge in [-0.05, 0) is 31.0 Å². The molecule has 1 aliphatic rings. The van der Waals surface area contributed by atoms with Crippen molar-refractivity contribution in [2.45, 2.75) is 44.4 Å². The maximum absolute atomic E-state index is 10.2. The normalized spacial score (nSPS) is 18.5. The lowest BCUT2D eigenvalue weighted by Crippen LogP contribution is -2.36. The number of aliphatic hydroxyl groups is 1. The van der Waals surface area contributed by atoms with Gasteiger partial charge in [-0.15, -0.1) is 0 Å². The molecular weight excluding hydrogens is 438 g/mol. The van der Waals surface area contributed by atoms with Gasteiger partial charge in [0.25, 0.3) is 0 Å². The summed E-state index contributed by atoms with van der Waals surface area (Å²) < 4.78 is 14.1. The molecule has 4 aromatic rings. The molecule has 3 heterocycles. The van der Waals surface area contributed by atoms with Crippen molar-refractivity contribution in [2.24, 2.45) is 0 Å². The highest BCUT2D eigenvalue weighted by Gasteiger charge is 2.23. The standard InChI is InChI=1S/C24H27N5O3S/c1-31-11-10-29-15-16(14-26-29)21-12-18(8-9-25-21)32-17-6-7-20-23(13-17)33-24(28-20)27-19-4-2-3-5-22(19)30/h6-9,12-15,19,22,30H,2-5,10-11H2,1H3,(H,27,28)/t19-,22?/m1/s1. The van der Waals surface area contributed by atoms with E-state index in [-0.39, 0.29) is 12.1 Å². The van der Waals surface area contributed by atoms with E-state index in [1.807, 2.05) is 41.2 Å². The Morgan fingerprint density at radius 1 is 1.18 bits per heavy atom. The van der Waals surface area contributed by atoms with Crippen LogP contribution < -0.4 is 10.1 Å². The lowest BCUT2D eigenvalue weighted by Gasteiger charge is -2.27. The van der Waals surface area contributed by atoms with Crippen LogP contribution in [0.15, 0.2) is 48.9 Å². The Morgan fingerprint density at radius 3 is 2.94 bits per heavy atom. The van der Waals surface area contributed by atoms with Crippen LogP contribution in [0.2, 0.25) is 0 Å². The highest BCUT2D eigenvalue weighted by atomic mass is 32.1. The zero-order valence-corrected chi connectivity index (χ0v) is 19.3. The van der Waals surface area contributed by atoms with Crippen molar-refractivity contribution in [3.8, 4) is 22.8 Å². The number of thiazole rings is 1. The number of methoxy groups -OCH3 is 1. The highest BCUT2D eigenvalue weighted by Crippen LogP contribution is 2.33. The maximum Gasteiger partial charge on any atom is 0.184 e. The molecule has 2 N–H and O–H groups in total. The molecule has 0 bridgehead atoms. The number of nitrogens with zero attached hydrogens (tertiary/aromatic N) is 4. The van der Waals surface area contributed by atoms with Crippen LogP contribution in [0.1, 0.15) is 25.7 Å². The van der Waals surface area contributed by atoms with Gasteiger partial charge < -0.3 is 19.9 Å². The molecule has 0 saturated heterocycles. The second-order valence-corrected chi connectivity index (χ2v) is 9.25. The minimum atomic E-state index is -0.308. The number of ether oxygens (including phenoxy) is 2. The molecule has 5 rings (SSSR count). The Labute approximate surface area is 196 Å². The van der Waals surface area contributed by atoms with Crippen LogP contribution in [0.4, 0.5) is 5.13 Å². The van der Waals surface area contributed by atoms with Crippen LogP contribution in [0.3, 0.4) is 0 Å². The molecule has 2 atom stereocenters. The van der Waals surface area contributed by atoms with E-state index in [1.54, 1.807) is 30.8 Å². The number of nitrogens with one attached hydrogen (secondary N) is 1. The van der Waals surface area contributed by atoms with Gasteiger partial charge in [0.2, 0.25) is 0 Å². The van der Waals surface area contributed by atoms with E-state index in [1.165, 1.54) is 0 Å². The summed E-state index contributed by atoms with van der Waals surface area (Å²) in [6.45, 7) is 1.30. The van der Waals surface area contributed by atoms with E-state index in [4.69, 9.17) is 9.47 Å². The zero-order valence-electron chi connectivity index (χ0n) is 18.5. The van der Waals surface area contributed by atoms with Gasteiger partial charge in [0.1, 0.15) is 11.5 Å². The highest BCUT2D eigenvalue weighted by molar-refractivity contribution is 7.22. The van der Waals surface area contributed by atoms with Gasteiger partial charge in [0.15, 0.2) is 5.13 Å². The van der Waals surface area contributed by atoms with Crippen molar-refractivity contribution in [2.75, 3.05) is 19.0 Å². The van der Waals surface area contributed by atoms with Crippen molar-refractivity contribution in [1.29, 1.82) is 0 Å². The molecule has 1 unspecified atom stereocenters. The third kappa shape index (κ3) is 5.16. The van der Waals surface area contributed by atoms with E-state index in [0.29, 0.717) is 18.9 Å². The minimum absolute atomic E-state index is 0.0733. The first-order valence-corrected chi connectivity index (χ1v) is 12.0. The number of benzene rings is 1. The maximum atomic E-state index is 10.2. The molecule has 8 nitrogen and oxygen atoms in total. The van der Waals surface area contributed by atoms with Crippen molar-refractivity contribution in [1.82, 2.24) is 19.7 Å². The van der Waals surface area contributed by atoms with Gasteiger partial charge in [0.05, 0.1) is 47.4 Å². The first-order chi connectivity index (χ1) is 16.2. The number of anilines is 1. The van der Waals surface area contributed by atoms with Gasteiger partial charge in [-0.25, -0.2) is 4.98 Å². The topological polar surface area (TPSA) is 94.3 Å². The molecule has 1 saturated carbocycles. The molecule has 0 spiro atoms. The first kappa shape index (κ1) is 21.8. The van der Waals surface area contributed by atoms with Gasteiger partial charge in [-0.1, -0.05) is 24.2 Å². The van der Waals surface area contributed by atoms with E-state index >= 15 is 0 Å². The zero-order chi connectivity index (χ0) is 22.6. The van der Waals surface area contributed by atoms with Crippen molar-refractivity contribution in [3.63, 3.8) is 0 Å². The van der Waals surface area contributed by atoms with E-state index in [9.17, 15) is 5.11 Å². The smallest absolute Gasteiger partial charge is 0.184 e. The average molecular weight is 466 g/mol. The van der Waals surface area contributed by atoms with Crippen LogP contribution in [0, 0.1) is 0 Å². The Balaban J connectivity index is 1.30. The molecule has 1 aromatic carbocycles. The Hall–Kier alpha value is -3.01. The second-order valence-electron chi connectivity index (χ2n) is 8.21. The summed E-state index contributed by atoms with van der Waals surface area (Å²) in [7, 11) is 1.68. The molecule has 172 valence electrons. The predicted molar refractivity (Wildman–Crippen MR) is 129 cm³/mol. The van der Waals surface area contributed by atoms with Crippen LogP contribution >= 0.6 is 11.3 Å². The summed E-state index contributed by atoms with van der Waals surface area (Å²) in [4.78, 5) is 9.14. The van der Waals surface area contributed by atoms with E-state index < -0.39 is 0 Å². The lowest BCUT2D eigenvalue weighted by molar-refractivity contribution is 0.116. The lowest BCUT2D eigenvalue weighted by atomic mass is 9.93. The summed E-state index contributed by atoms with van der Waals surface area (Å²) in [5.74, 6) is 1.44. The summed E-state index contributed by atoms with van der Waals surface area (Å²) in [5, 5.41) is 18.9. The fraction of sp³-hybridized carbons (Fsp3) is 0.375. The third-order valence-corrected chi connectivity index (χ3v) is 6.77. The predicted octanol–water partition coefficient (Wildman–Crippen LogP) is 4.71. The van der Waals surface area contributed by atoms with E-state index in [0.717, 1.165) is 58.0 Å². The van der Waals surface area contributed by atoms with E-state index in [2.05, 4.69) is 20.4 Å². The number of hydrogen-bond donors (Lipinski definition) is 2. The van der Waals surface area contributed by atoms with Crippen LogP contribution in [-0.4, -0.2) is 50.7 Å². The summed E-state index contributed by atoms with van der Waals surface area (Å²) in [5.41, 5.74) is 2.64. The third-order valence-electron chi connectivity index (χ3n) is 5.82. The molecule has 3 aromatic heterocycles. The number of hydrogen-bond acceptors (Lipinski definition) is 8. The number of pyridine rings is 1. The fourth-order valence-corrected chi connectivity index (χ4v) is 5.00. The molecule has 33 heavy (non-hydrogen) atoms. The summed E-state index contributed by atoms with van der Waals surface area (Å²) in [6.07, 6.45) is 9.22. The first-order valence-electron chi connectivity index (χ1n) is 11.2. The Bertz CT molecular complexity index is 1220. The Kier molecular flexibility index (Phi) is 6.52. The quantitative estimate of drug-likeness (QED) is 0.389. The minimum Gasteiger partial charge on any atom is -0.457 e. The van der Waals surface area contributed by atoms with Crippen molar-refractivity contribution < 1.29 is 14.6 Å². The van der Waals surface area contributed by atoms with Crippen LogP contribution in [0.5, 0.6) is 11.5 Å².